The van der Waals surface area contributed by atoms with Crippen LogP contribution in [0.3, 0.4) is 0 Å². The summed E-state index contributed by atoms with van der Waals surface area (Å²) in [6, 6.07) is 36.2. The van der Waals surface area contributed by atoms with Crippen LogP contribution in [-0.2, 0) is 9.59 Å². The zero-order valence-corrected chi connectivity index (χ0v) is 27.9. The van der Waals surface area contributed by atoms with Gasteiger partial charge in [-0.3, -0.25) is 14.4 Å². The zero-order valence-electron chi connectivity index (χ0n) is 25.6. The predicted molar refractivity (Wildman–Crippen MR) is 193 cm³/mol. The van der Waals surface area contributed by atoms with Crippen molar-refractivity contribution in [2.75, 3.05) is 10.6 Å². The Morgan fingerprint density at radius 3 is 2.17 bits per heavy atom. The minimum Gasteiger partial charge on any atom is -0.325 e. The molecule has 0 saturated carbocycles. The molecule has 5 rings (SSSR count). The Labute approximate surface area is 288 Å². The van der Waals surface area contributed by atoms with Crippen LogP contribution in [0.5, 0.6) is 0 Å². The third kappa shape index (κ3) is 8.92. The van der Waals surface area contributed by atoms with Gasteiger partial charge in [-0.2, -0.15) is 0 Å². The number of rotatable bonds is 10. The maximum absolute atomic E-state index is 13.7. The Bertz CT molecular complexity index is 1950. The molecule has 0 radical (unpaired) electrons. The molecule has 47 heavy (non-hydrogen) atoms. The molecular formula is C38H31Cl2N3O3S. The molecule has 3 N–H and O–H groups in total. The van der Waals surface area contributed by atoms with Crippen LogP contribution in [0.15, 0.2) is 132 Å². The molecule has 0 heterocycles. The smallest absolute Gasteiger partial charge is 0.272 e. The van der Waals surface area contributed by atoms with E-state index in [4.69, 9.17) is 23.2 Å². The van der Waals surface area contributed by atoms with Crippen molar-refractivity contribution in [3.05, 3.63) is 165 Å². The highest BCUT2D eigenvalue weighted by Crippen LogP contribution is 2.37. The molecule has 0 aliphatic rings. The van der Waals surface area contributed by atoms with Gasteiger partial charge in [-0.1, -0.05) is 108 Å². The van der Waals surface area contributed by atoms with E-state index in [0.29, 0.717) is 21.8 Å². The molecule has 0 fully saturated rings. The minimum atomic E-state index is -0.576. The highest BCUT2D eigenvalue weighted by Gasteiger charge is 2.23. The third-order valence-corrected chi connectivity index (χ3v) is 9.22. The lowest BCUT2D eigenvalue weighted by molar-refractivity contribution is -0.116. The number of aryl methyl sites for hydroxylation is 2. The average molecular weight is 681 g/mol. The van der Waals surface area contributed by atoms with Crippen LogP contribution in [0, 0.1) is 13.8 Å². The summed E-state index contributed by atoms with van der Waals surface area (Å²) in [6.45, 7) is 3.97. The summed E-state index contributed by atoms with van der Waals surface area (Å²) in [5.41, 5.74) is 4.95. The van der Waals surface area contributed by atoms with Gasteiger partial charge in [0.25, 0.3) is 11.8 Å². The van der Waals surface area contributed by atoms with E-state index in [0.717, 1.165) is 27.3 Å². The molecule has 0 bridgehead atoms. The first kappa shape index (κ1) is 33.5. The fourth-order valence-corrected chi connectivity index (χ4v) is 6.21. The van der Waals surface area contributed by atoms with Gasteiger partial charge in [0.05, 0.1) is 10.0 Å². The summed E-state index contributed by atoms with van der Waals surface area (Å²) < 4.78 is 0. The lowest BCUT2D eigenvalue weighted by Crippen LogP contribution is -2.30. The maximum atomic E-state index is 13.7. The van der Waals surface area contributed by atoms with E-state index in [1.165, 1.54) is 17.8 Å². The van der Waals surface area contributed by atoms with Crippen LogP contribution >= 0.6 is 35.0 Å². The fraction of sp³-hybridized carbons (Fsp3) is 0.0789. The number of carbonyl (C=O) groups is 3. The number of benzene rings is 5. The number of anilines is 2. The summed E-state index contributed by atoms with van der Waals surface area (Å²) >= 11 is 14.0. The van der Waals surface area contributed by atoms with Crippen LogP contribution in [0.25, 0.3) is 6.08 Å². The zero-order chi connectivity index (χ0) is 33.3. The summed E-state index contributed by atoms with van der Waals surface area (Å²) in [5.74, 6) is -1.20. The van der Waals surface area contributed by atoms with Gasteiger partial charge >= 0.3 is 0 Å². The Morgan fingerprint density at radius 1 is 0.745 bits per heavy atom. The van der Waals surface area contributed by atoms with Gasteiger partial charge in [-0.25, -0.2) is 0 Å². The van der Waals surface area contributed by atoms with Crippen LogP contribution < -0.4 is 16.0 Å². The highest BCUT2D eigenvalue weighted by molar-refractivity contribution is 8.00. The van der Waals surface area contributed by atoms with Crippen molar-refractivity contribution in [3.63, 3.8) is 0 Å². The summed E-state index contributed by atoms with van der Waals surface area (Å²) in [5, 5.41) is 8.66. The standard InChI is InChI=1S/C38H31Cl2N3O3S/c1-24-19-20-32(25(2)21-24)42-38(46)35(26-11-5-3-6-12-26)47-30-17-10-16-29(23-30)41-37(45)33(22-28-15-9-18-31(39)34(28)40)43-36(44)27-13-7-4-8-14-27/h3-23,35H,1-2H3,(H,41,45)(H,42,46)(H,43,44)/b33-22+. The summed E-state index contributed by atoms with van der Waals surface area (Å²) in [4.78, 5) is 41.2. The van der Waals surface area contributed by atoms with E-state index >= 15 is 0 Å². The lowest BCUT2D eigenvalue weighted by Gasteiger charge is -2.19. The van der Waals surface area contributed by atoms with Crippen molar-refractivity contribution < 1.29 is 14.4 Å². The molecule has 3 amide bonds. The minimum absolute atomic E-state index is 0.0314. The Morgan fingerprint density at radius 2 is 1.45 bits per heavy atom. The van der Waals surface area contributed by atoms with Crippen molar-refractivity contribution in [2.45, 2.75) is 24.0 Å². The number of hydrogen-bond acceptors (Lipinski definition) is 4. The molecular weight excluding hydrogens is 649 g/mol. The molecule has 0 aromatic heterocycles. The molecule has 0 aliphatic heterocycles. The van der Waals surface area contributed by atoms with E-state index in [2.05, 4.69) is 16.0 Å². The number of amides is 3. The Kier molecular flexibility index (Phi) is 11.2. The van der Waals surface area contributed by atoms with Gasteiger partial charge in [0.2, 0.25) is 5.91 Å². The van der Waals surface area contributed by atoms with E-state index in [-0.39, 0.29) is 16.6 Å². The van der Waals surface area contributed by atoms with Crippen molar-refractivity contribution in [3.8, 4) is 0 Å². The van der Waals surface area contributed by atoms with E-state index in [1.54, 1.807) is 66.7 Å². The van der Waals surface area contributed by atoms with Crippen LogP contribution in [0.4, 0.5) is 11.4 Å². The van der Waals surface area contributed by atoms with E-state index in [1.807, 2.05) is 68.4 Å². The Balaban J connectivity index is 1.40. The second-order valence-electron chi connectivity index (χ2n) is 10.7. The number of halogens is 2. The van der Waals surface area contributed by atoms with Gasteiger partial charge in [0, 0.05) is 21.8 Å². The topological polar surface area (TPSA) is 87.3 Å². The molecule has 1 atom stereocenters. The second-order valence-corrected chi connectivity index (χ2v) is 12.7. The molecule has 6 nitrogen and oxygen atoms in total. The van der Waals surface area contributed by atoms with Crippen molar-refractivity contribution in [2.24, 2.45) is 0 Å². The monoisotopic (exact) mass is 679 g/mol. The van der Waals surface area contributed by atoms with Gasteiger partial charge in [0.1, 0.15) is 10.9 Å². The molecule has 0 saturated heterocycles. The van der Waals surface area contributed by atoms with Gasteiger partial charge in [-0.15, -0.1) is 11.8 Å². The summed E-state index contributed by atoms with van der Waals surface area (Å²) in [6.07, 6.45) is 1.48. The number of hydrogen-bond donors (Lipinski definition) is 3. The highest BCUT2D eigenvalue weighted by atomic mass is 35.5. The van der Waals surface area contributed by atoms with Crippen LogP contribution in [-0.4, -0.2) is 17.7 Å². The quantitative estimate of drug-likeness (QED) is 0.101. The van der Waals surface area contributed by atoms with Crippen molar-refractivity contribution in [1.82, 2.24) is 5.32 Å². The first-order valence-corrected chi connectivity index (χ1v) is 16.3. The van der Waals surface area contributed by atoms with Gasteiger partial charge < -0.3 is 16.0 Å². The summed E-state index contributed by atoms with van der Waals surface area (Å²) in [7, 11) is 0. The number of nitrogens with one attached hydrogen (secondary N) is 3. The van der Waals surface area contributed by atoms with Crippen LogP contribution in [0.1, 0.15) is 37.9 Å². The molecule has 5 aromatic rings. The van der Waals surface area contributed by atoms with Crippen molar-refractivity contribution in [1.29, 1.82) is 0 Å². The molecule has 1 unspecified atom stereocenters. The number of carbonyl (C=O) groups excluding carboxylic acids is 3. The molecule has 0 spiro atoms. The normalized spacial score (nSPS) is 11.8. The first-order chi connectivity index (χ1) is 22.7. The molecule has 0 aliphatic carbocycles. The second kappa shape index (κ2) is 15.6. The SMILES string of the molecule is Cc1ccc(NC(=O)C(Sc2cccc(NC(=O)/C(=C\c3cccc(Cl)c3Cl)NC(=O)c3ccccc3)c2)c2ccccc2)c(C)c1. The average Bonchev–Trinajstić information content (AvgIpc) is 3.07. The van der Waals surface area contributed by atoms with Gasteiger partial charge in [-0.05, 0) is 79.1 Å². The predicted octanol–water partition coefficient (Wildman–Crippen LogP) is 9.49. The van der Waals surface area contributed by atoms with Crippen molar-refractivity contribution >= 4 is 70.1 Å². The largest absolute Gasteiger partial charge is 0.325 e. The molecule has 236 valence electrons. The Hall–Kier alpha value is -4.82. The maximum Gasteiger partial charge on any atom is 0.272 e. The number of thioether (sulfide) groups is 1. The molecule has 5 aromatic carbocycles. The molecule has 9 heteroatoms. The first-order valence-electron chi connectivity index (χ1n) is 14.7. The fourth-order valence-electron chi connectivity index (χ4n) is 4.76. The van der Waals surface area contributed by atoms with E-state index in [9.17, 15) is 14.4 Å². The van der Waals surface area contributed by atoms with E-state index < -0.39 is 17.1 Å². The third-order valence-electron chi connectivity index (χ3n) is 7.14. The van der Waals surface area contributed by atoms with Crippen LogP contribution in [0.2, 0.25) is 10.0 Å². The lowest BCUT2D eigenvalue weighted by atomic mass is 10.1. The van der Waals surface area contributed by atoms with Gasteiger partial charge in [0.15, 0.2) is 0 Å².